The van der Waals surface area contributed by atoms with Gasteiger partial charge in [0.25, 0.3) is 5.91 Å². The van der Waals surface area contributed by atoms with Crippen molar-refractivity contribution in [2.45, 2.75) is 25.4 Å². The molecule has 2 heterocycles. The maximum atomic E-state index is 14.2. The Morgan fingerprint density at radius 1 is 1.00 bits per heavy atom. The van der Waals surface area contributed by atoms with Crippen LogP contribution in [0.3, 0.4) is 0 Å². The first-order valence-electron chi connectivity index (χ1n) is 14.3. The van der Waals surface area contributed by atoms with Crippen LogP contribution in [0.5, 0.6) is 11.6 Å². The van der Waals surface area contributed by atoms with E-state index in [1.807, 2.05) is 6.07 Å². The summed E-state index contributed by atoms with van der Waals surface area (Å²) in [5.41, 5.74) is 6.83. The minimum atomic E-state index is -3.37. The molecule has 1 saturated heterocycles. The van der Waals surface area contributed by atoms with E-state index in [-0.39, 0.29) is 17.3 Å². The van der Waals surface area contributed by atoms with Crippen LogP contribution in [-0.4, -0.2) is 55.6 Å². The van der Waals surface area contributed by atoms with Gasteiger partial charge in [0, 0.05) is 55.0 Å². The zero-order valence-electron chi connectivity index (χ0n) is 24.8. The number of nitrogens with two attached hydrogens (primary N) is 1. The SMILES string of the molecule is CS(=O)(=O)Nc1ccc(Oc2ccc(CN3CCC(N(C(=O)Nc4ccc(F)c(C(N)=O)c4)c4cccc(F)c4)CC3)cn2)cc1. The van der Waals surface area contributed by atoms with Gasteiger partial charge >= 0.3 is 6.03 Å². The number of primary amides is 1. The summed E-state index contributed by atoms with van der Waals surface area (Å²) < 4.78 is 59.1. The molecule has 3 amide bonds. The van der Waals surface area contributed by atoms with Crippen LogP contribution < -0.4 is 25.4 Å². The number of anilines is 3. The van der Waals surface area contributed by atoms with Crippen molar-refractivity contribution in [3.8, 4) is 11.6 Å². The van der Waals surface area contributed by atoms with Crippen molar-refractivity contribution in [2.75, 3.05) is 34.3 Å². The molecule has 1 aliphatic heterocycles. The van der Waals surface area contributed by atoms with E-state index >= 15 is 0 Å². The molecule has 1 aromatic heterocycles. The molecule has 4 N–H and O–H groups in total. The van der Waals surface area contributed by atoms with E-state index in [0.29, 0.717) is 55.5 Å². The lowest BCUT2D eigenvalue weighted by molar-refractivity contribution is 0.0996. The lowest BCUT2D eigenvalue weighted by Gasteiger charge is -2.38. The van der Waals surface area contributed by atoms with E-state index in [2.05, 4.69) is 19.9 Å². The molecule has 240 valence electrons. The molecule has 14 heteroatoms. The van der Waals surface area contributed by atoms with E-state index in [1.54, 1.807) is 42.6 Å². The van der Waals surface area contributed by atoms with Crippen molar-refractivity contribution < 1.29 is 31.5 Å². The number of nitrogens with zero attached hydrogens (tertiary/aromatic N) is 3. The topological polar surface area (TPSA) is 147 Å². The number of urea groups is 1. The van der Waals surface area contributed by atoms with Gasteiger partial charge in [-0.3, -0.25) is 19.3 Å². The number of halogens is 2. The molecule has 0 radical (unpaired) electrons. The summed E-state index contributed by atoms with van der Waals surface area (Å²) in [6.45, 7) is 1.92. The molecule has 11 nitrogen and oxygen atoms in total. The smallest absolute Gasteiger partial charge is 0.326 e. The molecule has 46 heavy (non-hydrogen) atoms. The molecule has 0 unspecified atom stereocenters. The minimum Gasteiger partial charge on any atom is -0.439 e. The van der Waals surface area contributed by atoms with Crippen LogP contribution in [0.1, 0.15) is 28.8 Å². The molecule has 4 aromatic rings. The predicted molar refractivity (Wildman–Crippen MR) is 170 cm³/mol. The van der Waals surface area contributed by atoms with Crippen LogP contribution in [-0.2, 0) is 16.6 Å². The number of carbonyl (C=O) groups excluding carboxylic acids is 2. The van der Waals surface area contributed by atoms with Crippen molar-refractivity contribution in [3.05, 3.63) is 108 Å². The average Bonchev–Trinajstić information content (AvgIpc) is 3.00. The van der Waals surface area contributed by atoms with Crippen LogP contribution in [0, 0.1) is 11.6 Å². The third kappa shape index (κ3) is 8.55. The fraction of sp³-hybridized carbons (Fsp3) is 0.219. The normalized spacial score (nSPS) is 14.0. The second-order valence-corrected chi connectivity index (χ2v) is 12.6. The van der Waals surface area contributed by atoms with Gasteiger partial charge in [-0.1, -0.05) is 12.1 Å². The van der Waals surface area contributed by atoms with Crippen molar-refractivity contribution >= 4 is 39.0 Å². The number of hydrogen-bond donors (Lipinski definition) is 3. The van der Waals surface area contributed by atoms with Gasteiger partial charge in [-0.15, -0.1) is 0 Å². The number of carbonyl (C=O) groups is 2. The largest absolute Gasteiger partial charge is 0.439 e. The van der Waals surface area contributed by atoms with Gasteiger partial charge in [-0.2, -0.15) is 0 Å². The monoisotopic (exact) mass is 650 g/mol. The Kier molecular flexibility index (Phi) is 9.78. The highest BCUT2D eigenvalue weighted by Gasteiger charge is 2.30. The molecule has 0 bridgehead atoms. The molecule has 1 aliphatic rings. The molecule has 1 fully saturated rings. The Morgan fingerprint density at radius 3 is 2.35 bits per heavy atom. The Morgan fingerprint density at radius 2 is 1.72 bits per heavy atom. The third-order valence-corrected chi connectivity index (χ3v) is 7.90. The predicted octanol–water partition coefficient (Wildman–Crippen LogP) is 5.33. The maximum absolute atomic E-state index is 14.2. The highest BCUT2D eigenvalue weighted by Crippen LogP contribution is 2.28. The van der Waals surface area contributed by atoms with Crippen molar-refractivity contribution in [2.24, 2.45) is 5.73 Å². The second-order valence-electron chi connectivity index (χ2n) is 10.9. The van der Waals surface area contributed by atoms with E-state index in [9.17, 15) is 26.8 Å². The number of nitrogens with one attached hydrogen (secondary N) is 2. The Hall–Kier alpha value is -5.08. The second kappa shape index (κ2) is 13.9. The summed E-state index contributed by atoms with van der Waals surface area (Å²) in [5, 5.41) is 2.69. The number of pyridine rings is 1. The highest BCUT2D eigenvalue weighted by atomic mass is 32.2. The van der Waals surface area contributed by atoms with E-state index in [1.165, 1.54) is 35.2 Å². The van der Waals surface area contributed by atoms with Gasteiger partial charge in [-0.05, 0) is 79.1 Å². The summed E-state index contributed by atoms with van der Waals surface area (Å²) in [7, 11) is -3.37. The van der Waals surface area contributed by atoms with Crippen LogP contribution in [0.4, 0.5) is 30.6 Å². The number of benzene rings is 3. The maximum Gasteiger partial charge on any atom is 0.326 e. The van der Waals surface area contributed by atoms with Gasteiger partial charge in [0.1, 0.15) is 17.4 Å². The van der Waals surface area contributed by atoms with E-state index < -0.39 is 33.6 Å². The Bertz CT molecular complexity index is 1820. The van der Waals surface area contributed by atoms with Gasteiger partial charge in [0.15, 0.2) is 0 Å². The zero-order valence-corrected chi connectivity index (χ0v) is 25.6. The molecule has 0 aliphatic carbocycles. The number of piperidine rings is 1. The number of rotatable bonds is 10. The minimum absolute atomic E-state index is 0.180. The van der Waals surface area contributed by atoms with E-state index in [4.69, 9.17) is 10.5 Å². The quantitative estimate of drug-likeness (QED) is 0.210. The molecular formula is C32H32F2N6O5S. The molecule has 0 saturated carbocycles. The number of hydrogen-bond acceptors (Lipinski definition) is 7. The summed E-state index contributed by atoms with van der Waals surface area (Å²) in [5.74, 6) is -1.37. The molecule has 0 spiro atoms. The van der Waals surface area contributed by atoms with Crippen LogP contribution in [0.15, 0.2) is 85.1 Å². The van der Waals surface area contributed by atoms with Crippen LogP contribution >= 0.6 is 0 Å². The van der Waals surface area contributed by atoms with Gasteiger partial charge in [0.05, 0.1) is 11.8 Å². The number of aromatic nitrogens is 1. The molecule has 5 rings (SSSR count). The van der Waals surface area contributed by atoms with E-state index in [0.717, 1.165) is 17.9 Å². The number of sulfonamides is 1. The van der Waals surface area contributed by atoms with Crippen LogP contribution in [0.25, 0.3) is 0 Å². The van der Waals surface area contributed by atoms with Crippen LogP contribution in [0.2, 0.25) is 0 Å². The Labute approximate surface area is 265 Å². The Balaban J connectivity index is 1.20. The first-order chi connectivity index (χ1) is 21.9. The summed E-state index contributed by atoms with van der Waals surface area (Å²) in [4.78, 5) is 33.2. The first-order valence-corrected chi connectivity index (χ1v) is 16.2. The standard InChI is InChI=1S/C32H32F2N6O5S/c1-46(43,44)38-23-6-9-27(10-7-23)45-30-12-5-21(19-36-30)20-39-15-13-25(14-16-39)40(26-4-2-3-22(33)17-26)32(42)37-24-8-11-29(34)28(18-24)31(35)41/h2-12,17-19,25,38H,13-16,20H2,1H3,(H2,35,41)(H,37,42). The highest BCUT2D eigenvalue weighted by molar-refractivity contribution is 7.92. The van der Waals surface area contributed by atoms with Gasteiger partial charge < -0.3 is 15.8 Å². The third-order valence-electron chi connectivity index (χ3n) is 7.29. The average molecular weight is 651 g/mol. The number of amides is 3. The lowest BCUT2D eigenvalue weighted by atomic mass is 10.0. The van der Waals surface area contributed by atoms with Gasteiger partial charge in [-0.25, -0.2) is 27.0 Å². The molecule has 3 aromatic carbocycles. The summed E-state index contributed by atoms with van der Waals surface area (Å²) in [6.07, 6.45) is 3.99. The van der Waals surface area contributed by atoms with Crippen molar-refractivity contribution in [1.82, 2.24) is 9.88 Å². The van der Waals surface area contributed by atoms with Crippen molar-refractivity contribution in [3.63, 3.8) is 0 Å². The number of ether oxygens (including phenoxy) is 1. The molecular weight excluding hydrogens is 618 g/mol. The lowest BCUT2D eigenvalue weighted by Crippen LogP contribution is -2.49. The summed E-state index contributed by atoms with van der Waals surface area (Å²) >= 11 is 0. The summed E-state index contributed by atoms with van der Waals surface area (Å²) in [6, 6.07) is 18.6. The fourth-order valence-electron chi connectivity index (χ4n) is 5.18. The van der Waals surface area contributed by atoms with Crippen molar-refractivity contribution in [1.29, 1.82) is 0 Å². The number of likely N-dealkylation sites (tertiary alicyclic amines) is 1. The fourth-order valence-corrected chi connectivity index (χ4v) is 5.74. The van der Waals surface area contributed by atoms with Gasteiger partial charge in [0.2, 0.25) is 15.9 Å². The zero-order chi connectivity index (χ0) is 32.8. The first kappa shape index (κ1) is 32.3. The molecule has 0 atom stereocenters.